The molecule has 0 bridgehead atoms. The fourth-order valence-electron chi connectivity index (χ4n) is 1.37. The molecule has 0 aromatic rings. The van der Waals surface area contributed by atoms with Gasteiger partial charge in [-0.1, -0.05) is 6.42 Å². The van der Waals surface area contributed by atoms with Crippen LogP contribution in [0, 0.1) is 0 Å². The number of carbonyl (C=O) groups excluding carboxylic acids is 3. The molecular weight excluding hydrogens is 208 g/mol. The molecule has 0 spiro atoms. The van der Waals surface area contributed by atoms with Gasteiger partial charge in [0.25, 0.3) is 0 Å². The third-order valence-electron chi connectivity index (χ3n) is 2.09. The van der Waals surface area contributed by atoms with E-state index in [1.807, 2.05) is 0 Å². The Kier molecular flexibility index (Phi) is 8.39. The molecule has 0 aromatic carbocycles. The Morgan fingerprint density at radius 1 is 1.00 bits per heavy atom. The van der Waals surface area contributed by atoms with Gasteiger partial charge in [0.15, 0.2) is 0 Å². The molecule has 0 aliphatic rings. The zero-order valence-corrected chi connectivity index (χ0v) is 10.1. The molecule has 0 radical (unpaired) electrons. The molecular formula is C12H20O4. The first-order chi connectivity index (χ1) is 7.56. The Bertz CT molecular complexity index is 245. The Morgan fingerprint density at radius 2 is 1.62 bits per heavy atom. The van der Waals surface area contributed by atoms with E-state index in [0.717, 1.165) is 19.3 Å². The van der Waals surface area contributed by atoms with Crippen molar-refractivity contribution in [2.75, 3.05) is 6.61 Å². The normalized spacial score (nSPS) is 9.88. The highest BCUT2D eigenvalue weighted by Crippen LogP contribution is 2.06. The Labute approximate surface area is 96.4 Å². The minimum absolute atomic E-state index is 0.0105. The van der Waals surface area contributed by atoms with Crippen molar-refractivity contribution in [1.29, 1.82) is 0 Å². The fourth-order valence-corrected chi connectivity index (χ4v) is 1.37. The van der Waals surface area contributed by atoms with Crippen LogP contribution in [0.3, 0.4) is 0 Å². The first-order valence-electron chi connectivity index (χ1n) is 5.73. The van der Waals surface area contributed by atoms with Gasteiger partial charge >= 0.3 is 5.97 Å². The van der Waals surface area contributed by atoms with Gasteiger partial charge in [0.1, 0.15) is 11.6 Å². The number of ketones is 2. The summed E-state index contributed by atoms with van der Waals surface area (Å²) in [6.45, 7) is 3.60. The van der Waals surface area contributed by atoms with E-state index in [1.54, 1.807) is 6.92 Å². The van der Waals surface area contributed by atoms with Crippen molar-refractivity contribution in [2.45, 2.75) is 52.4 Å². The van der Waals surface area contributed by atoms with Crippen molar-refractivity contribution >= 4 is 17.5 Å². The summed E-state index contributed by atoms with van der Waals surface area (Å²) in [6.07, 6.45) is 3.19. The lowest BCUT2D eigenvalue weighted by atomic mass is 10.1. The minimum atomic E-state index is -0.183. The molecule has 0 aromatic heterocycles. The molecule has 16 heavy (non-hydrogen) atoms. The van der Waals surface area contributed by atoms with E-state index in [0.29, 0.717) is 19.4 Å². The van der Waals surface area contributed by atoms with Crippen molar-refractivity contribution in [3.05, 3.63) is 0 Å². The molecule has 0 heterocycles. The van der Waals surface area contributed by atoms with E-state index in [2.05, 4.69) is 0 Å². The average Bonchev–Trinajstić information content (AvgIpc) is 2.16. The van der Waals surface area contributed by atoms with E-state index in [-0.39, 0.29) is 24.0 Å². The minimum Gasteiger partial charge on any atom is -0.466 e. The van der Waals surface area contributed by atoms with Crippen LogP contribution in [0.15, 0.2) is 0 Å². The molecule has 0 aliphatic carbocycles. The van der Waals surface area contributed by atoms with Gasteiger partial charge in [0.05, 0.1) is 13.0 Å². The second-order valence-corrected chi connectivity index (χ2v) is 3.78. The molecule has 0 saturated heterocycles. The zero-order valence-electron chi connectivity index (χ0n) is 10.1. The molecule has 92 valence electrons. The smallest absolute Gasteiger partial charge is 0.305 e. The van der Waals surface area contributed by atoms with Crippen molar-refractivity contribution < 1.29 is 19.1 Å². The van der Waals surface area contributed by atoms with Crippen LogP contribution in [0.1, 0.15) is 52.4 Å². The number of carbonyl (C=O) groups is 3. The van der Waals surface area contributed by atoms with Crippen LogP contribution in [0.2, 0.25) is 0 Å². The van der Waals surface area contributed by atoms with Gasteiger partial charge in [-0.05, 0) is 26.7 Å². The monoisotopic (exact) mass is 228 g/mol. The highest BCUT2D eigenvalue weighted by Gasteiger charge is 2.05. The number of unbranched alkanes of at least 4 members (excludes halogenated alkanes) is 2. The average molecular weight is 228 g/mol. The first-order valence-corrected chi connectivity index (χ1v) is 5.73. The molecule has 4 nitrogen and oxygen atoms in total. The van der Waals surface area contributed by atoms with Gasteiger partial charge in [-0.25, -0.2) is 0 Å². The number of esters is 1. The summed E-state index contributed by atoms with van der Waals surface area (Å²) in [5.41, 5.74) is 0. The maximum atomic E-state index is 11.1. The fraction of sp³-hybridized carbons (Fsp3) is 0.750. The molecule has 0 rings (SSSR count). The van der Waals surface area contributed by atoms with Gasteiger partial charge < -0.3 is 4.74 Å². The van der Waals surface area contributed by atoms with E-state index < -0.39 is 0 Å². The molecule has 0 fully saturated rings. The quantitative estimate of drug-likeness (QED) is 0.344. The molecule has 0 unspecified atom stereocenters. The Hall–Kier alpha value is -1.19. The van der Waals surface area contributed by atoms with Crippen molar-refractivity contribution in [1.82, 2.24) is 0 Å². The molecule has 0 N–H and O–H groups in total. The predicted molar refractivity (Wildman–Crippen MR) is 60.0 cm³/mol. The number of rotatable bonds is 9. The summed E-state index contributed by atoms with van der Waals surface area (Å²) in [7, 11) is 0. The van der Waals surface area contributed by atoms with Crippen LogP contribution in [-0.4, -0.2) is 24.1 Å². The topological polar surface area (TPSA) is 60.4 Å². The van der Waals surface area contributed by atoms with Crippen molar-refractivity contribution in [3.8, 4) is 0 Å². The molecule has 4 heteroatoms. The molecule has 0 amide bonds. The maximum Gasteiger partial charge on any atom is 0.305 e. The summed E-state index contributed by atoms with van der Waals surface area (Å²) in [5.74, 6) is -0.280. The molecule has 0 saturated carbocycles. The van der Waals surface area contributed by atoms with Crippen LogP contribution in [0.25, 0.3) is 0 Å². The van der Waals surface area contributed by atoms with E-state index in [9.17, 15) is 14.4 Å². The second kappa shape index (κ2) is 9.07. The summed E-state index contributed by atoms with van der Waals surface area (Å²) < 4.78 is 4.77. The number of ether oxygens (including phenoxy) is 1. The lowest BCUT2D eigenvalue weighted by Crippen LogP contribution is -2.05. The van der Waals surface area contributed by atoms with Gasteiger partial charge in [-0.2, -0.15) is 0 Å². The van der Waals surface area contributed by atoms with E-state index >= 15 is 0 Å². The number of hydrogen-bond donors (Lipinski definition) is 0. The lowest BCUT2D eigenvalue weighted by molar-refractivity contribution is -0.143. The molecule has 0 aliphatic heterocycles. The van der Waals surface area contributed by atoms with Crippen LogP contribution in [-0.2, 0) is 19.1 Å². The molecule has 0 atom stereocenters. The van der Waals surface area contributed by atoms with E-state index in [4.69, 9.17) is 4.74 Å². The largest absolute Gasteiger partial charge is 0.466 e. The summed E-state index contributed by atoms with van der Waals surface area (Å²) >= 11 is 0. The van der Waals surface area contributed by atoms with E-state index in [1.165, 1.54) is 6.92 Å². The van der Waals surface area contributed by atoms with Crippen molar-refractivity contribution in [2.24, 2.45) is 0 Å². The second-order valence-electron chi connectivity index (χ2n) is 3.78. The third kappa shape index (κ3) is 9.37. The van der Waals surface area contributed by atoms with Crippen molar-refractivity contribution in [3.63, 3.8) is 0 Å². The van der Waals surface area contributed by atoms with Crippen LogP contribution in [0.4, 0.5) is 0 Å². The Balaban J connectivity index is 3.36. The lowest BCUT2D eigenvalue weighted by Gasteiger charge is -2.01. The van der Waals surface area contributed by atoms with Gasteiger partial charge in [-0.15, -0.1) is 0 Å². The third-order valence-corrected chi connectivity index (χ3v) is 2.09. The van der Waals surface area contributed by atoms with Crippen LogP contribution < -0.4 is 0 Å². The first kappa shape index (κ1) is 14.8. The van der Waals surface area contributed by atoms with Crippen LogP contribution >= 0.6 is 0 Å². The highest BCUT2D eigenvalue weighted by atomic mass is 16.5. The SMILES string of the molecule is CCOC(=O)CCCCCC(=O)CC(C)=O. The highest BCUT2D eigenvalue weighted by molar-refractivity contribution is 5.97. The predicted octanol–water partition coefficient (Wildman–Crippen LogP) is 2.05. The number of hydrogen-bond acceptors (Lipinski definition) is 4. The van der Waals surface area contributed by atoms with Crippen LogP contribution in [0.5, 0.6) is 0 Å². The summed E-state index contributed by atoms with van der Waals surface area (Å²) in [6, 6.07) is 0. The summed E-state index contributed by atoms with van der Waals surface area (Å²) in [5, 5.41) is 0. The van der Waals surface area contributed by atoms with Gasteiger partial charge in [0.2, 0.25) is 0 Å². The maximum absolute atomic E-state index is 11.1. The summed E-state index contributed by atoms with van der Waals surface area (Å²) in [4.78, 5) is 32.7. The number of Topliss-reactive ketones (excluding diaryl/α,β-unsaturated/α-hetero) is 2. The standard InChI is InChI=1S/C12H20O4/c1-3-16-12(15)8-6-4-5-7-11(14)9-10(2)13/h3-9H2,1-2H3. The van der Waals surface area contributed by atoms with Gasteiger partial charge in [-0.3, -0.25) is 14.4 Å². The van der Waals surface area contributed by atoms with Gasteiger partial charge in [0, 0.05) is 12.8 Å². The Morgan fingerprint density at radius 3 is 2.19 bits per heavy atom. The zero-order chi connectivity index (χ0) is 12.4.